The number of benzene rings is 1. The molecule has 0 fully saturated rings. The lowest BCUT2D eigenvalue weighted by Crippen LogP contribution is -2.16. The summed E-state index contributed by atoms with van der Waals surface area (Å²) in [6.07, 6.45) is 2.81. The van der Waals surface area contributed by atoms with E-state index in [1.807, 2.05) is 0 Å². The van der Waals surface area contributed by atoms with Gasteiger partial charge in [-0.05, 0) is 24.6 Å². The molecule has 0 aliphatic carbocycles. The van der Waals surface area contributed by atoms with Crippen molar-refractivity contribution < 1.29 is 14.1 Å². The van der Waals surface area contributed by atoms with Crippen molar-refractivity contribution in [2.45, 2.75) is 26.4 Å². The van der Waals surface area contributed by atoms with Crippen LogP contribution in [0.25, 0.3) is 0 Å². The van der Waals surface area contributed by atoms with Gasteiger partial charge in [-0.2, -0.15) is 5.10 Å². The molecule has 3 rings (SSSR count). The first-order valence-corrected chi connectivity index (χ1v) is 8.03. The number of nitrogens with zero attached hydrogens (tertiary/aromatic N) is 6. The first-order chi connectivity index (χ1) is 12.9. The monoisotopic (exact) mass is 373 g/mol. The standard InChI is InChI=1S/C16H16FN7O3/c1-11-14(24(26)27)9-22(20-11)7-6-15(25)19-16-18-10-23(21-16)8-12-2-4-13(17)5-3-12/h2-5,9-10H,6-8H2,1H3,(H,19,21,25). The highest BCUT2D eigenvalue weighted by atomic mass is 19.1. The fraction of sp³-hybridized carbons (Fsp3) is 0.250. The highest BCUT2D eigenvalue weighted by molar-refractivity contribution is 5.88. The van der Waals surface area contributed by atoms with Crippen LogP contribution in [-0.4, -0.2) is 35.4 Å². The topological polar surface area (TPSA) is 121 Å². The van der Waals surface area contributed by atoms with Crippen molar-refractivity contribution in [3.63, 3.8) is 0 Å². The molecule has 0 aliphatic heterocycles. The number of rotatable bonds is 7. The molecule has 10 nitrogen and oxygen atoms in total. The molecule has 140 valence electrons. The molecule has 2 aromatic heterocycles. The van der Waals surface area contributed by atoms with Crippen LogP contribution in [0, 0.1) is 22.9 Å². The van der Waals surface area contributed by atoms with Crippen LogP contribution in [0.5, 0.6) is 0 Å². The molecule has 0 radical (unpaired) electrons. The van der Waals surface area contributed by atoms with Gasteiger partial charge in [-0.25, -0.2) is 14.1 Å². The zero-order chi connectivity index (χ0) is 19.4. The second-order valence-corrected chi connectivity index (χ2v) is 5.81. The molecular weight excluding hydrogens is 357 g/mol. The van der Waals surface area contributed by atoms with E-state index < -0.39 is 4.92 Å². The van der Waals surface area contributed by atoms with Crippen molar-refractivity contribution in [3.8, 4) is 0 Å². The quantitative estimate of drug-likeness (QED) is 0.499. The molecule has 1 N–H and O–H groups in total. The van der Waals surface area contributed by atoms with Crippen LogP contribution in [0.1, 0.15) is 17.7 Å². The van der Waals surface area contributed by atoms with E-state index in [4.69, 9.17) is 0 Å². The van der Waals surface area contributed by atoms with Gasteiger partial charge in [0.2, 0.25) is 11.9 Å². The molecule has 2 heterocycles. The number of aryl methyl sites for hydroxylation is 2. The predicted molar refractivity (Wildman–Crippen MR) is 92.4 cm³/mol. The summed E-state index contributed by atoms with van der Waals surface area (Å²) in [6.45, 7) is 2.11. The van der Waals surface area contributed by atoms with E-state index in [-0.39, 0.29) is 36.3 Å². The molecule has 11 heteroatoms. The normalized spacial score (nSPS) is 10.7. The number of nitrogens with one attached hydrogen (secondary N) is 1. The Balaban J connectivity index is 1.52. The van der Waals surface area contributed by atoms with Gasteiger partial charge in [0.25, 0.3) is 0 Å². The summed E-state index contributed by atoms with van der Waals surface area (Å²) < 4.78 is 15.8. The SMILES string of the molecule is Cc1nn(CCC(=O)Nc2ncn(Cc3ccc(F)cc3)n2)cc1[N+](=O)[O-]. The van der Waals surface area contributed by atoms with Crippen LogP contribution < -0.4 is 5.32 Å². The zero-order valence-electron chi connectivity index (χ0n) is 14.4. The van der Waals surface area contributed by atoms with Gasteiger partial charge in [0.15, 0.2) is 0 Å². The number of nitro groups is 1. The van der Waals surface area contributed by atoms with Crippen LogP contribution in [0.4, 0.5) is 16.0 Å². The number of anilines is 1. The van der Waals surface area contributed by atoms with Gasteiger partial charge in [0.05, 0.1) is 11.5 Å². The maximum absolute atomic E-state index is 12.9. The second kappa shape index (κ2) is 7.72. The van der Waals surface area contributed by atoms with Crippen molar-refractivity contribution in [3.05, 3.63) is 64.0 Å². The third kappa shape index (κ3) is 4.71. The zero-order valence-corrected chi connectivity index (χ0v) is 14.4. The molecule has 0 aliphatic rings. The third-order valence-electron chi connectivity index (χ3n) is 3.73. The summed E-state index contributed by atoms with van der Waals surface area (Å²) in [6, 6.07) is 5.99. The average molecular weight is 373 g/mol. The number of hydrogen-bond acceptors (Lipinski definition) is 6. The Bertz CT molecular complexity index is 965. The molecule has 3 aromatic rings. The van der Waals surface area contributed by atoms with E-state index in [0.29, 0.717) is 12.2 Å². The smallest absolute Gasteiger partial charge is 0.293 e. The highest BCUT2D eigenvalue weighted by Gasteiger charge is 2.16. The van der Waals surface area contributed by atoms with Crippen LogP contribution >= 0.6 is 0 Å². The summed E-state index contributed by atoms with van der Waals surface area (Å²) in [7, 11) is 0. The summed E-state index contributed by atoms with van der Waals surface area (Å²) in [5, 5.41) is 21.5. The van der Waals surface area contributed by atoms with E-state index >= 15 is 0 Å². The molecule has 0 unspecified atom stereocenters. The second-order valence-electron chi connectivity index (χ2n) is 5.81. The maximum Gasteiger partial charge on any atom is 0.309 e. The van der Waals surface area contributed by atoms with E-state index in [9.17, 15) is 19.3 Å². The summed E-state index contributed by atoms with van der Waals surface area (Å²) >= 11 is 0. The number of amides is 1. The molecule has 1 amide bonds. The first kappa shape index (κ1) is 18.2. The maximum atomic E-state index is 12.9. The fourth-order valence-corrected chi connectivity index (χ4v) is 2.41. The Labute approximate surface area is 152 Å². The molecule has 0 spiro atoms. The summed E-state index contributed by atoms with van der Waals surface area (Å²) in [5.41, 5.74) is 1.05. The van der Waals surface area contributed by atoms with Crippen LogP contribution in [0.15, 0.2) is 36.8 Å². The Morgan fingerprint density at radius 3 is 2.67 bits per heavy atom. The van der Waals surface area contributed by atoms with Crippen molar-refractivity contribution in [1.82, 2.24) is 24.5 Å². The summed E-state index contributed by atoms with van der Waals surface area (Å²) in [4.78, 5) is 26.3. The van der Waals surface area contributed by atoms with Crippen molar-refractivity contribution in [2.24, 2.45) is 0 Å². The van der Waals surface area contributed by atoms with Crippen molar-refractivity contribution >= 4 is 17.5 Å². The fourth-order valence-electron chi connectivity index (χ4n) is 2.41. The molecule has 27 heavy (non-hydrogen) atoms. The first-order valence-electron chi connectivity index (χ1n) is 8.03. The number of halogens is 1. The number of aromatic nitrogens is 5. The Kier molecular flexibility index (Phi) is 5.20. The van der Waals surface area contributed by atoms with Crippen LogP contribution in [0.2, 0.25) is 0 Å². The van der Waals surface area contributed by atoms with Crippen LogP contribution in [0.3, 0.4) is 0 Å². The van der Waals surface area contributed by atoms with Gasteiger partial charge in [-0.15, -0.1) is 5.10 Å². The van der Waals surface area contributed by atoms with Gasteiger partial charge in [0, 0.05) is 13.0 Å². The van der Waals surface area contributed by atoms with E-state index in [0.717, 1.165) is 5.56 Å². The molecular formula is C16H16FN7O3. The minimum atomic E-state index is -0.517. The molecule has 1 aromatic carbocycles. The molecule has 0 atom stereocenters. The van der Waals surface area contributed by atoms with Gasteiger partial charge >= 0.3 is 5.69 Å². The lowest BCUT2D eigenvalue weighted by atomic mass is 10.2. The predicted octanol–water partition coefficient (Wildman–Crippen LogP) is 1.91. The van der Waals surface area contributed by atoms with Gasteiger partial charge < -0.3 is 0 Å². The van der Waals surface area contributed by atoms with E-state index in [1.54, 1.807) is 12.1 Å². The van der Waals surface area contributed by atoms with Crippen molar-refractivity contribution in [2.75, 3.05) is 5.32 Å². The Morgan fingerprint density at radius 1 is 1.26 bits per heavy atom. The number of hydrogen-bond donors (Lipinski definition) is 1. The number of carbonyl (C=O) groups excluding carboxylic acids is 1. The lowest BCUT2D eigenvalue weighted by molar-refractivity contribution is -0.385. The minimum Gasteiger partial charge on any atom is -0.293 e. The van der Waals surface area contributed by atoms with Gasteiger partial charge in [-0.3, -0.25) is 24.9 Å². The third-order valence-corrected chi connectivity index (χ3v) is 3.73. The minimum absolute atomic E-state index is 0.0603. The molecule has 0 bridgehead atoms. The molecule has 0 saturated carbocycles. The highest BCUT2D eigenvalue weighted by Crippen LogP contribution is 2.15. The van der Waals surface area contributed by atoms with Crippen LogP contribution in [-0.2, 0) is 17.9 Å². The summed E-state index contributed by atoms with van der Waals surface area (Å²) in [5.74, 6) is -0.516. The average Bonchev–Trinajstić information content (AvgIpc) is 3.21. The van der Waals surface area contributed by atoms with Gasteiger partial charge in [0.1, 0.15) is 24.0 Å². The van der Waals surface area contributed by atoms with Gasteiger partial charge in [-0.1, -0.05) is 12.1 Å². The number of carbonyl (C=O) groups is 1. The Hall–Kier alpha value is -3.63. The Morgan fingerprint density at radius 2 is 2.00 bits per heavy atom. The molecule has 0 saturated heterocycles. The lowest BCUT2D eigenvalue weighted by Gasteiger charge is -2.02. The van der Waals surface area contributed by atoms with E-state index in [2.05, 4.69) is 20.5 Å². The van der Waals surface area contributed by atoms with E-state index in [1.165, 1.54) is 40.9 Å². The largest absolute Gasteiger partial charge is 0.309 e. The van der Waals surface area contributed by atoms with Crippen molar-refractivity contribution in [1.29, 1.82) is 0 Å².